The summed E-state index contributed by atoms with van der Waals surface area (Å²) in [6.45, 7) is 3.09. The second kappa shape index (κ2) is 7.68. The van der Waals surface area contributed by atoms with Crippen LogP contribution in [0.1, 0.15) is 48.9 Å². The number of carbonyl (C=O) groups excluding carboxylic acids is 1. The van der Waals surface area contributed by atoms with Crippen LogP contribution in [0.15, 0.2) is 53.4 Å². The Morgan fingerprint density at radius 2 is 1.86 bits per heavy atom. The van der Waals surface area contributed by atoms with Gasteiger partial charge in [-0.1, -0.05) is 42.8 Å². The van der Waals surface area contributed by atoms with Crippen LogP contribution in [-0.2, 0) is 27.8 Å². The third-order valence-corrected chi connectivity index (χ3v) is 7.44. The predicted molar refractivity (Wildman–Crippen MR) is 108 cm³/mol. The molecule has 1 atom stereocenters. The minimum atomic E-state index is -3.61. The fourth-order valence-electron chi connectivity index (χ4n) is 3.91. The van der Waals surface area contributed by atoms with E-state index >= 15 is 0 Å². The van der Waals surface area contributed by atoms with Crippen LogP contribution in [-0.4, -0.2) is 25.8 Å². The molecule has 2 aromatic carbocycles. The summed E-state index contributed by atoms with van der Waals surface area (Å²) in [5.41, 5.74) is 3.00. The molecule has 4 rings (SSSR count). The summed E-state index contributed by atoms with van der Waals surface area (Å²) in [5.74, 6) is 0.455. The van der Waals surface area contributed by atoms with Crippen molar-refractivity contribution in [2.24, 2.45) is 5.92 Å². The number of benzene rings is 2. The summed E-state index contributed by atoms with van der Waals surface area (Å²) >= 11 is 0. The summed E-state index contributed by atoms with van der Waals surface area (Å²) in [6.07, 6.45) is 3.86. The Kier molecular flexibility index (Phi) is 5.25. The van der Waals surface area contributed by atoms with Crippen molar-refractivity contribution >= 4 is 15.9 Å². The zero-order chi connectivity index (χ0) is 19.7. The maximum Gasteiger partial charge on any atom is 0.241 e. The van der Waals surface area contributed by atoms with Gasteiger partial charge in [0.25, 0.3) is 0 Å². The zero-order valence-corrected chi connectivity index (χ0v) is 16.9. The maximum absolute atomic E-state index is 12.8. The van der Waals surface area contributed by atoms with E-state index in [1.807, 2.05) is 48.2 Å². The summed E-state index contributed by atoms with van der Waals surface area (Å²) in [5, 5.41) is 0. The van der Waals surface area contributed by atoms with E-state index in [-0.39, 0.29) is 22.8 Å². The average Bonchev–Trinajstić information content (AvgIpc) is 2.66. The van der Waals surface area contributed by atoms with Crippen LogP contribution >= 0.6 is 0 Å². The first kappa shape index (κ1) is 19.2. The molecule has 1 aliphatic carbocycles. The lowest BCUT2D eigenvalue weighted by Crippen LogP contribution is -2.41. The molecule has 1 saturated carbocycles. The molecule has 0 aromatic heterocycles. The molecule has 1 heterocycles. The molecule has 148 valence electrons. The Morgan fingerprint density at radius 3 is 2.54 bits per heavy atom. The van der Waals surface area contributed by atoms with Gasteiger partial charge in [0, 0.05) is 25.0 Å². The smallest absolute Gasteiger partial charge is 0.241 e. The average molecular weight is 399 g/mol. The van der Waals surface area contributed by atoms with Gasteiger partial charge in [-0.2, -0.15) is 0 Å². The molecule has 1 fully saturated rings. The number of fused-ring (bicyclic) bond motifs is 1. The molecule has 0 saturated heterocycles. The topological polar surface area (TPSA) is 66.5 Å². The lowest BCUT2D eigenvalue weighted by Gasteiger charge is -2.35. The van der Waals surface area contributed by atoms with Crippen LogP contribution in [0.2, 0.25) is 0 Å². The number of amides is 1. The first-order valence-electron chi connectivity index (χ1n) is 9.92. The summed E-state index contributed by atoms with van der Waals surface area (Å²) in [6, 6.07) is 14.5. The third-order valence-electron chi connectivity index (χ3n) is 5.90. The minimum absolute atomic E-state index is 0.199. The quantitative estimate of drug-likeness (QED) is 0.839. The molecular weight excluding hydrogens is 372 g/mol. The van der Waals surface area contributed by atoms with Crippen LogP contribution in [0.25, 0.3) is 0 Å². The van der Waals surface area contributed by atoms with E-state index in [1.165, 1.54) is 0 Å². The van der Waals surface area contributed by atoms with Gasteiger partial charge in [-0.25, -0.2) is 13.1 Å². The Morgan fingerprint density at radius 1 is 1.11 bits per heavy atom. The molecule has 1 N–H and O–H groups in total. The lowest BCUT2D eigenvalue weighted by molar-refractivity contribution is -0.139. The van der Waals surface area contributed by atoms with Gasteiger partial charge in [0.05, 0.1) is 4.90 Å². The van der Waals surface area contributed by atoms with Crippen molar-refractivity contribution in [2.45, 2.75) is 50.1 Å². The highest BCUT2D eigenvalue weighted by Gasteiger charge is 2.31. The molecule has 1 amide bonds. The Balaban J connectivity index is 1.48. The minimum Gasteiger partial charge on any atom is -0.338 e. The van der Waals surface area contributed by atoms with Crippen LogP contribution in [0.3, 0.4) is 0 Å². The highest BCUT2D eigenvalue weighted by Crippen LogP contribution is 2.31. The Labute approximate surface area is 166 Å². The van der Waals surface area contributed by atoms with Gasteiger partial charge >= 0.3 is 0 Å². The van der Waals surface area contributed by atoms with Crippen LogP contribution in [0.4, 0.5) is 0 Å². The summed E-state index contributed by atoms with van der Waals surface area (Å²) in [4.78, 5) is 14.7. The van der Waals surface area contributed by atoms with Crippen LogP contribution in [0, 0.1) is 5.92 Å². The van der Waals surface area contributed by atoms with E-state index in [0.717, 1.165) is 36.0 Å². The van der Waals surface area contributed by atoms with Gasteiger partial charge in [0.2, 0.25) is 15.9 Å². The van der Waals surface area contributed by atoms with Gasteiger partial charge in [0.15, 0.2) is 0 Å². The molecule has 5 nitrogen and oxygen atoms in total. The molecular formula is C22H26N2O3S. The standard InChI is InChI=1S/C22H26N2O3S/c1-16(17-6-3-2-4-7-17)23-28(26,27)21-11-10-20-15-24(13-12-19(20)14-21)22(25)18-8-5-9-18/h2-4,6-7,10-11,14,16,18,23H,5,8-9,12-13,15H2,1H3. The number of hydrogen-bond donors (Lipinski definition) is 1. The first-order valence-corrected chi connectivity index (χ1v) is 11.4. The van der Waals surface area contributed by atoms with E-state index in [1.54, 1.807) is 12.1 Å². The van der Waals surface area contributed by atoms with Crippen molar-refractivity contribution in [3.8, 4) is 0 Å². The Hall–Kier alpha value is -2.18. The van der Waals surface area contributed by atoms with Crippen molar-refractivity contribution < 1.29 is 13.2 Å². The number of nitrogens with zero attached hydrogens (tertiary/aromatic N) is 1. The number of nitrogens with one attached hydrogen (secondary N) is 1. The van der Waals surface area contributed by atoms with Gasteiger partial charge in [-0.3, -0.25) is 4.79 Å². The number of rotatable bonds is 5. The molecule has 0 radical (unpaired) electrons. The monoisotopic (exact) mass is 398 g/mol. The molecule has 2 aromatic rings. The van der Waals surface area contributed by atoms with Gasteiger partial charge in [0.1, 0.15) is 0 Å². The fourth-order valence-corrected chi connectivity index (χ4v) is 5.19. The van der Waals surface area contributed by atoms with E-state index in [9.17, 15) is 13.2 Å². The normalized spacial score (nSPS) is 18.2. The zero-order valence-electron chi connectivity index (χ0n) is 16.1. The van der Waals surface area contributed by atoms with Crippen molar-refractivity contribution in [1.29, 1.82) is 0 Å². The van der Waals surface area contributed by atoms with Crippen molar-refractivity contribution in [1.82, 2.24) is 9.62 Å². The van der Waals surface area contributed by atoms with Gasteiger partial charge in [-0.05, 0) is 55.0 Å². The SMILES string of the molecule is CC(NS(=O)(=O)c1ccc2c(c1)CCN(C(=O)C1CCC1)C2)c1ccccc1. The van der Waals surface area contributed by atoms with Gasteiger partial charge in [-0.15, -0.1) is 0 Å². The molecule has 1 unspecified atom stereocenters. The number of sulfonamides is 1. The predicted octanol–water partition coefficient (Wildman–Crippen LogP) is 3.41. The van der Waals surface area contributed by atoms with E-state index in [4.69, 9.17) is 0 Å². The molecule has 0 spiro atoms. The summed E-state index contributed by atoms with van der Waals surface area (Å²) in [7, 11) is -3.61. The van der Waals surface area contributed by atoms with Crippen LogP contribution < -0.4 is 4.72 Å². The molecule has 0 bridgehead atoms. The molecule has 28 heavy (non-hydrogen) atoms. The number of hydrogen-bond acceptors (Lipinski definition) is 3. The van der Waals surface area contributed by atoms with Crippen LogP contribution in [0.5, 0.6) is 0 Å². The van der Waals surface area contributed by atoms with Crippen molar-refractivity contribution in [3.05, 3.63) is 65.2 Å². The fraction of sp³-hybridized carbons (Fsp3) is 0.409. The molecule has 1 aliphatic heterocycles. The van der Waals surface area contributed by atoms with E-state index < -0.39 is 10.0 Å². The van der Waals surface area contributed by atoms with Crippen molar-refractivity contribution in [2.75, 3.05) is 6.54 Å². The highest BCUT2D eigenvalue weighted by atomic mass is 32.2. The second-order valence-electron chi connectivity index (χ2n) is 7.82. The largest absolute Gasteiger partial charge is 0.338 e. The first-order chi connectivity index (χ1) is 13.4. The number of carbonyl (C=O) groups is 1. The van der Waals surface area contributed by atoms with E-state index in [0.29, 0.717) is 19.5 Å². The summed E-state index contributed by atoms with van der Waals surface area (Å²) < 4.78 is 28.4. The van der Waals surface area contributed by atoms with Gasteiger partial charge < -0.3 is 4.90 Å². The molecule has 2 aliphatic rings. The third kappa shape index (κ3) is 3.84. The highest BCUT2D eigenvalue weighted by molar-refractivity contribution is 7.89. The molecule has 6 heteroatoms. The maximum atomic E-state index is 12.8. The van der Waals surface area contributed by atoms with E-state index in [2.05, 4.69) is 4.72 Å². The Bertz CT molecular complexity index is 969. The second-order valence-corrected chi connectivity index (χ2v) is 9.54. The lowest BCUT2D eigenvalue weighted by atomic mass is 9.84. The van der Waals surface area contributed by atoms with Crippen molar-refractivity contribution in [3.63, 3.8) is 0 Å².